The number of anilines is 1. The van der Waals surface area contributed by atoms with E-state index in [1.54, 1.807) is 37.4 Å². The quantitative estimate of drug-likeness (QED) is 0.677. The Hall–Kier alpha value is -4.18. The number of para-hydroxylation sites is 1. The fourth-order valence-electron chi connectivity index (χ4n) is 2.66. The highest BCUT2D eigenvalue weighted by Crippen LogP contribution is 2.17. The number of nitriles is 1. The van der Waals surface area contributed by atoms with Gasteiger partial charge in [-0.1, -0.05) is 30.3 Å². The van der Waals surface area contributed by atoms with Crippen molar-refractivity contribution in [2.24, 2.45) is 0 Å². The van der Waals surface area contributed by atoms with E-state index in [0.29, 0.717) is 17.0 Å². The number of nitrogens with zero attached hydrogens (tertiary/aromatic N) is 2. The highest BCUT2D eigenvalue weighted by atomic mass is 16.5. The van der Waals surface area contributed by atoms with E-state index in [9.17, 15) is 9.59 Å². The van der Waals surface area contributed by atoms with Crippen LogP contribution < -0.4 is 15.4 Å². The Balaban J connectivity index is 1.69. The van der Waals surface area contributed by atoms with E-state index in [1.165, 1.54) is 12.1 Å². The second-order valence-electron chi connectivity index (χ2n) is 6.05. The van der Waals surface area contributed by atoms with E-state index < -0.39 is 11.8 Å². The Morgan fingerprint density at radius 2 is 1.72 bits per heavy atom. The maximum Gasteiger partial charge on any atom is 0.274 e. The minimum atomic E-state index is -0.473. The first-order valence-electron chi connectivity index (χ1n) is 8.79. The number of hydrogen-bond donors (Lipinski definition) is 2. The smallest absolute Gasteiger partial charge is 0.274 e. The van der Waals surface area contributed by atoms with E-state index >= 15 is 0 Å². The van der Waals surface area contributed by atoms with Gasteiger partial charge in [0.25, 0.3) is 11.8 Å². The predicted octanol–water partition coefficient (Wildman–Crippen LogP) is 3.14. The molecule has 3 aromatic rings. The number of carbonyl (C=O) groups excluding carboxylic acids is 2. The molecule has 0 aliphatic rings. The van der Waals surface area contributed by atoms with Gasteiger partial charge in [0.1, 0.15) is 17.1 Å². The third kappa shape index (κ3) is 4.96. The lowest BCUT2D eigenvalue weighted by atomic mass is 10.2. The zero-order valence-corrected chi connectivity index (χ0v) is 15.7. The van der Waals surface area contributed by atoms with Gasteiger partial charge in [-0.25, -0.2) is 4.98 Å². The monoisotopic (exact) mass is 386 g/mol. The lowest BCUT2D eigenvalue weighted by Crippen LogP contribution is -2.25. The van der Waals surface area contributed by atoms with E-state index in [4.69, 9.17) is 10.00 Å². The second kappa shape index (κ2) is 9.15. The Kier molecular flexibility index (Phi) is 6.18. The topological polar surface area (TPSA) is 104 Å². The molecule has 7 heteroatoms. The number of benzene rings is 2. The van der Waals surface area contributed by atoms with Crippen molar-refractivity contribution in [1.82, 2.24) is 10.3 Å². The van der Waals surface area contributed by atoms with Gasteiger partial charge in [-0.3, -0.25) is 9.59 Å². The van der Waals surface area contributed by atoms with Crippen LogP contribution in [-0.4, -0.2) is 23.9 Å². The molecule has 1 heterocycles. The number of carbonyl (C=O) groups is 2. The van der Waals surface area contributed by atoms with Gasteiger partial charge in [-0.2, -0.15) is 5.26 Å². The van der Waals surface area contributed by atoms with Crippen LogP contribution >= 0.6 is 0 Å². The largest absolute Gasteiger partial charge is 0.496 e. The highest BCUT2D eigenvalue weighted by molar-refractivity contribution is 6.03. The average molecular weight is 386 g/mol. The van der Waals surface area contributed by atoms with Crippen LogP contribution in [0.3, 0.4) is 0 Å². The Bertz CT molecular complexity index is 1090. The summed E-state index contributed by atoms with van der Waals surface area (Å²) >= 11 is 0. The summed E-state index contributed by atoms with van der Waals surface area (Å²) in [6, 6.07) is 20.6. The molecule has 0 fully saturated rings. The first kappa shape index (κ1) is 19.6. The standard InChI is InChI=1S/C22H18N4O3/c1-29-20-11-3-2-7-16(20)14-24-21(27)18-9-5-10-19(26-18)22(28)25-17-8-4-6-15(12-17)13-23/h2-12H,14H2,1H3,(H,24,27)(H,25,28). The normalized spacial score (nSPS) is 9.93. The molecule has 7 nitrogen and oxygen atoms in total. The Labute approximate surface area is 168 Å². The number of rotatable bonds is 6. The van der Waals surface area contributed by atoms with Gasteiger partial charge in [0.15, 0.2) is 0 Å². The number of nitrogens with one attached hydrogen (secondary N) is 2. The molecule has 0 radical (unpaired) electrons. The third-order valence-electron chi connectivity index (χ3n) is 4.10. The Morgan fingerprint density at radius 1 is 1.00 bits per heavy atom. The van der Waals surface area contributed by atoms with Crippen molar-refractivity contribution in [1.29, 1.82) is 5.26 Å². The summed E-state index contributed by atoms with van der Waals surface area (Å²) in [5, 5.41) is 14.4. The summed E-state index contributed by atoms with van der Waals surface area (Å²) in [6.45, 7) is 0.266. The zero-order valence-electron chi connectivity index (χ0n) is 15.7. The van der Waals surface area contributed by atoms with Gasteiger partial charge in [0.05, 0.1) is 18.7 Å². The fourth-order valence-corrected chi connectivity index (χ4v) is 2.66. The number of methoxy groups -OCH3 is 1. The molecular weight excluding hydrogens is 368 g/mol. The van der Waals surface area contributed by atoms with Crippen LogP contribution in [0.5, 0.6) is 5.75 Å². The summed E-state index contributed by atoms with van der Waals surface area (Å²) in [5.41, 5.74) is 1.95. The summed E-state index contributed by atoms with van der Waals surface area (Å²) in [6.07, 6.45) is 0. The summed E-state index contributed by atoms with van der Waals surface area (Å²) in [4.78, 5) is 29.0. The van der Waals surface area contributed by atoms with Crippen molar-refractivity contribution in [2.45, 2.75) is 6.54 Å². The molecule has 0 saturated carbocycles. The first-order valence-corrected chi connectivity index (χ1v) is 8.79. The zero-order chi connectivity index (χ0) is 20.6. The first-order chi connectivity index (χ1) is 14.1. The molecule has 2 N–H and O–H groups in total. The average Bonchev–Trinajstić information content (AvgIpc) is 2.77. The van der Waals surface area contributed by atoms with Crippen LogP contribution in [0.2, 0.25) is 0 Å². The van der Waals surface area contributed by atoms with Crippen molar-refractivity contribution in [3.05, 3.63) is 89.2 Å². The molecule has 29 heavy (non-hydrogen) atoms. The van der Waals surface area contributed by atoms with Crippen molar-refractivity contribution < 1.29 is 14.3 Å². The van der Waals surface area contributed by atoms with E-state index in [-0.39, 0.29) is 17.9 Å². The molecule has 0 aliphatic carbocycles. The van der Waals surface area contributed by atoms with Crippen LogP contribution in [0.1, 0.15) is 32.1 Å². The summed E-state index contributed by atoms with van der Waals surface area (Å²) in [7, 11) is 1.57. The lowest BCUT2D eigenvalue weighted by Gasteiger charge is -2.10. The number of amides is 2. The fraction of sp³-hybridized carbons (Fsp3) is 0.0909. The molecule has 3 rings (SSSR count). The van der Waals surface area contributed by atoms with Gasteiger partial charge >= 0.3 is 0 Å². The van der Waals surface area contributed by atoms with Crippen LogP contribution in [0.4, 0.5) is 5.69 Å². The number of pyridine rings is 1. The molecular formula is C22H18N4O3. The van der Waals surface area contributed by atoms with Crippen molar-refractivity contribution >= 4 is 17.5 Å². The molecule has 0 atom stereocenters. The maximum absolute atomic E-state index is 12.5. The molecule has 2 amide bonds. The van der Waals surface area contributed by atoms with Crippen LogP contribution in [0.25, 0.3) is 0 Å². The highest BCUT2D eigenvalue weighted by Gasteiger charge is 2.13. The molecule has 0 unspecified atom stereocenters. The van der Waals surface area contributed by atoms with E-state index in [2.05, 4.69) is 15.6 Å². The summed E-state index contributed by atoms with van der Waals surface area (Å²) in [5.74, 6) is -0.204. The van der Waals surface area contributed by atoms with Crippen LogP contribution in [-0.2, 0) is 6.54 Å². The van der Waals surface area contributed by atoms with Crippen molar-refractivity contribution in [3.63, 3.8) is 0 Å². The van der Waals surface area contributed by atoms with Gasteiger partial charge in [-0.15, -0.1) is 0 Å². The number of aromatic nitrogens is 1. The van der Waals surface area contributed by atoms with Crippen LogP contribution in [0, 0.1) is 11.3 Å². The molecule has 1 aromatic heterocycles. The van der Waals surface area contributed by atoms with Gasteiger partial charge < -0.3 is 15.4 Å². The van der Waals surface area contributed by atoms with Crippen molar-refractivity contribution in [3.8, 4) is 11.8 Å². The molecule has 144 valence electrons. The minimum absolute atomic E-state index is 0.0947. The molecule has 0 saturated heterocycles. The van der Waals surface area contributed by atoms with E-state index in [1.807, 2.05) is 30.3 Å². The molecule has 2 aromatic carbocycles. The van der Waals surface area contributed by atoms with E-state index in [0.717, 1.165) is 5.56 Å². The third-order valence-corrected chi connectivity index (χ3v) is 4.10. The predicted molar refractivity (Wildman–Crippen MR) is 108 cm³/mol. The SMILES string of the molecule is COc1ccccc1CNC(=O)c1cccc(C(=O)Nc2cccc(C#N)c2)n1. The number of ether oxygens (including phenoxy) is 1. The minimum Gasteiger partial charge on any atom is -0.496 e. The second-order valence-corrected chi connectivity index (χ2v) is 6.05. The number of hydrogen-bond acceptors (Lipinski definition) is 5. The molecule has 0 bridgehead atoms. The van der Waals surface area contributed by atoms with Gasteiger partial charge in [0, 0.05) is 17.8 Å². The molecule has 0 spiro atoms. The van der Waals surface area contributed by atoms with Crippen LogP contribution in [0.15, 0.2) is 66.7 Å². The maximum atomic E-state index is 12.5. The lowest BCUT2D eigenvalue weighted by molar-refractivity contribution is 0.0945. The Morgan fingerprint density at radius 3 is 2.48 bits per heavy atom. The van der Waals surface area contributed by atoms with Crippen molar-refractivity contribution in [2.75, 3.05) is 12.4 Å². The summed E-state index contributed by atoms with van der Waals surface area (Å²) < 4.78 is 5.27. The van der Waals surface area contributed by atoms with Gasteiger partial charge in [-0.05, 0) is 36.4 Å². The van der Waals surface area contributed by atoms with Gasteiger partial charge in [0.2, 0.25) is 0 Å². The molecule has 0 aliphatic heterocycles.